The molecule has 194 valence electrons. The molecule has 1 saturated carbocycles. The van der Waals surface area contributed by atoms with Crippen LogP contribution in [0, 0.1) is 5.92 Å². The maximum Gasteiger partial charge on any atom is 0.197 e. The van der Waals surface area contributed by atoms with Gasteiger partial charge in [0.2, 0.25) is 0 Å². The van der Waals surface area contributed by atoms with Crippen LogP contribution in [0.2, 0.25) is 0 Å². The van der Waals surface area contributed by atoms with Gasteiger partial charge in [-0.05, 0) is 37.7 Å². The second-order valence-corrected chi connectivity index (χ2v) is 11.3. The van der Waals surface area contributed by atoms with Gasteiger partial charge in [0.15, 0.2) is 11.4 Å². The number of H-pyrrole nitrogens is 1. The molecule has 4 aromatic rings. The van der Waals surface area contributed by atoms with Gasteiger partial charge < -0.3 is 20.1 Å². The lowest BCUT2D eigenvalue weighted by Crippen LogP contribution is -2.39. The number of aliphatic hydroxyl groups excluding tert-OH is 1. The van der Waals surface area contributed by atoms with Gasteiger partial charge in [-0.25, -0.2) is 18.9 Å². The van der Waals surface area contributed by atoms with E-state index in [1.807, 2.05) is 12.3 Å². The molecule has 36 heavy (non-hydrogen) atoms. The van der Waals surface area contributed by atoms with Crippen molar-refractivity contribution in [1.29, 1.82) is 0 Å². The van der Waals surface area contributed by atoms with Crippen molar-refractivity contribution < 1.29 is 14.2 Å². The third kappa shape index (κ3) is 4.73. The Morgan fingerprint density at radius 2 is 2.06 bits per heavy atom. The van der Waals surface area contributed by atoms with Crippen LogP contribution in [0.3, 0.4) is 0 Å². The SMILES string of the molecule is COc1cc(-c2[nH]c3sc(C4CCC(NCC(F)[C@H](C)CO)CC4)nc3c2C(C)C)cn2ncnc12. The smallest absolute Gasteiger partial charge is 0.197 e. The molecule has 4 heterocycles. The lowest BCUT2D eigenvalue weighted by molar-refractivity contribution is 0.144. The monoisotopic (exact) mass is 514 g/mol. The number of hydrogen-bond acceptors (Lipinski definition) is 7. The van der Waals surface area contributed by atoms with E-state index in [0.717, 1.165) is 47.3 Å². The number of aromatic amines is 1. The van der Waals surface area contributed by atoms with Crippen LogP contribution >= 0.6 is 11.3 Å². The topological polar surface area (TPSA) is 100 Å². The van der Waals surface area contributed by atoms with Gasteiger partial charge in [-0.3, -0.25) is 0 Å². The predicted octanol–water partition coefficient (Wildman–Crippen LogP) is 5.05. The number of ether oxygens (including phenoxy) is 1. The number of pyridine rings is 1. The minimum atomic E-state index is -1.01. The molecule has 4 aromatic heterocycles. The fraction of sp³-hybridized carbons (Fsp3) is 0.577. The number of hydrogen-bond donors (Lipinski definition) is 3. The Hall–Kier alpha value is -2.56. The molecule has 5 rings (SSSR count). The summed E-state index contributed by atoms with van der Waals surface area (Å²) in [6.45, 7) is 6.33. The van der Waals surface area contributed by atoms with Crippen LogP contribution in [-0.2, 0) is 0 Å². The average Bonchev–Trinajstić information content (AvgIpc) is 3.60. The molecule has 3 N–H and O–H groups in total. The van der Waals surface area contributed by atoms with Gasteiger partial charge in [0.05, 0.1) is 17.8 Å². The van der Waals surface area contributed by atoms with Crippen molar-refractivity contribution in [3.05, 3.63) is 29.2 Å². The van der Waals surface area contributed by atoms with Crippen LogP contribution in [0.4, 0.5) is 4.39 Å². The zero-order valence-corrected chi connectivity index (χ0v) is 22.1. The van der Waals surface area contributed by atoms with E-state index in [2.05, 4.69) is 34.2 Å². The molecular weight excluding hydrogens is 479 g/mol. The van der Waals surface area contributed by atoms with E-state index in [4.69, 9.17) is 14.8 Å². The summed E-state index contributed by atoms with van der Waals surface area (Å²) in [5.74, 6) is 1.07. The summed E-state index contributed by atoms with van der Waals surface area (Å²) in [6, 6.07) is 2.33. The highest BCUT2D eigenvalue weighted by atomic mass is 32.1. The first-order valence-electron chi connectivity index (χ1n) is 12.8. The van der Waals surface area contributed by atoms with Crippen molar-refractivity contribution >= 4 is 27.3 Å². The summed E-state index contributed by atoms with van der Waals surface area (Å²) in [6.07, 6.45) is 6.61. The first-order valence-corrected chi connectivity index (χ1v) is 13.6. The summed E-state index contributed by atoms with van der Waals surface area (Å²) < 4.78 is 21.4. The van der Waals surface area contributed by atoms with E-state index in [1.54, 1.807) is 29.9 Å². The van der Waals surface area contributed by atoms with Crippen molar-refractivity contribution in [1.82, 2.24) is 29.9 Å². The van der Waals surface area contributed by atoms with Crippen molar-refractivity contribution in [3.8, 4) is 17.0 Å². The molecule has 1 aliphatic rings. The Morgan fingerprint density at radius 3 is 2.75 bits per heavy atom. The Bertz CT molecular complexity index is 1320. The molecular formula is C26H35FN6O2S. The lowest BCUT2D eigenvalue weighted by Gasteiger charge is -2.29. The summed E-state index contributed by atoms with van der Waals surface area (Å²) in [5.41, 5.74) is 4.99. The van der Waals surface area contributed by atoms with E-state index in [0.29, 0.717) is 29.9 Å². The zero-order valence-electron chi connectivity index (χ0n) is 21.3. The Morgan fingerprint density at radius 1 is 1.28 bits per heavy atom. The number of methoxy groups -OCH3 is 1. The Kier molecular flexibility index (Phi) is 7.28. The van der Waals surface area contributed by atoms with Gasteiger partial charge in [0, 0.05) is 48.4 Å². The Balaban J connectivity index is 1.35. The van der Waals surface area contributed by atoms with Gasteiger partial charge in [-0.1, -0.05) is 20.8 Å². The number of nitrogens with one attached hydrogen (secondary N) is 2. The normalized spacial score (nSPS) is 20.4. The van der Waals surface area contributed by atoms with Crippen LogP contribution in [-0.4, -0.2) is 62.1 Å². The number of rotatable bonds is 9. The highest BCUT2D eigenvalue weighted by molar-refractivity contribution is 7.18. The van der Waals surface area contributed by atoms with Crippen LogP contribution in [0.1, 0.15) is 68.9 Å². The van der Waals surface area contributed by atoms with Crippen molar-refractivity contribution in [2.75, 3.05) is 20.3 Å². The molecule has 1 unspecified atom stereocenters. The number of aromatic nitrogens is 5. The van der Waals surface area contributed by atoms with Crippen LogP contribution in [0.15, 0.2) is 18.6 Å². The molecule has 10 heteroatoms. The van der Waals surface area contributed by atoms with E-state index in [-0.39, 0.29) is 18.4 Å². The molecule has 2 atom stereocenters. The molecule has 0 aromatic carbocycles. The molecule has 0 saturated heterocycles. The van der Waals surface area contributed by atoms with Crippen molar-refractivity contribution in [2.45, 2.75) is 70.5 Å². The fourth-order valence-electron chi connectivity index (χ4n) is 5.19. The van der Waals surface area contributed by atoms with Gasteiger partial charge in [0.1, 0.15) is 22.8 Å². The third-order valence-corrected chi connectivity index (χ3v) is 8.55. The highest BCUT2D eigenvalue weighted by Gasteiger charge is 2.28. The van der Waals surface area contributed by atoms with E-state index < -0.39 is 6.17 Å². The maximum atomic E-state index is 14.1. The number of nitrogens with zero attached hydrogens (tertiary/aromatic N) is 4. The minimum absolute atomic E-state index is 0.116. The summed E-state index contributed by atoms with van der Waals surface area (Å²) in [7, 11) is 1.65. The number of alkyl halides is 1. The first-order chi connectivity index (χ1) is 17.4. The van der Waals surface area contributed by atoms with Gasteiger partial charge in [0.25, 0.3) is 0 Å². The van der Waals surface area contributed by atoms with Crippen LogP contribution in [0.5, 0.6) is 5.75 Å². The number of halogens is 1. The van der Waals surface area contributed by atoms with E-state index in [9.17, 15) is 4.39 Å². The molecule has 1 aliphatic carbocycles. The maximum absolute atomic E-state index is 14.1. The molecule has 0 amide bonds. The van der Waals surface area contributed by atoms with E-state index in [1.165, 1.54) is 16.9 Å². The molecule has 1 fully saturated rings. The standard InChI is InChI=1S/C26H35FN6O2S/c1-14(2)21-22(17-9-20(35-4)24-29-13-30-33(24)11-17)31-26-23(21)32-25(36-26)16-5-7-18(8-6-16)28-10-19(27)15(3)12-34/h9,11,13-16,18-19,28,31,34H,5-8,10,12H2,1-4H3/t15-,16?,18?,19?/m1/s1. The van der Waals surface area contributed by atoms with Gasteiger partial charge >= 0.3 is 0 Å². The molecule has 0 aliphatic heterocycles. The number of fused-ring (bicyclic) bond motifs is 2. The molecule has 0 radical (unpaired) electrons. The average molecular weight is 515 g/mol. The van der Waals surface area contributed by atoms with Crippen LogP contribution < -0.4 is 10.1 Å². The highest BCUT2D eigenvalue weighted by Crippen LogP contribution is 2.42. The number of thiazole rings is 1. The second kappa shape index (κ2) is 10.4. The summed E-state index contributed by atoms with van der Waals surface area (Å²) in [4.78, 5) is 14.2. The summed E-state index contributed by atoms with van der Waals surface area (Å²) in [5, 5.41) is 18.0. The molecule has 0 bridgehead atoms. The largest absolute Gasteiger partial charge is 0.493 e. The first kappa shape index (κ1) is 25.1. The number of aliphatic hydroxyl groups is 1. The van der Waals surface area contributed by atoms with Gasteiger partial charge in [-0.15, -0.1) is 11.3 Å². The zero-order chi connectivity index (χ0) is 25.4. The quantitative estimate of drug-likeness (QED) is 0.289. The second-order valence-electron chi connectivity index (χ2n) is 10.3. The third-order valence-electron chi connectivity index (χ3n) is 7.42. The lowest BCUT2D eigenvalue weighted by atomic mass is 9.86. The minimum Gasteiger partial charge on any atom is -0.493 e. The molecule has 8 nitrogen and oxygen atoms in total. The van der Waals surface area contributed by atoms with Crippen LogP contribution in [0.25, 0.3) is 27.3 Å². The van der Waals surface area contributed by atoms with E-state index >= 15 is 0 Å². The predicted molar refractivity (Wildman–Crippen MR) is 141 cm³/mol. The Labute approximate surface area is 214 Å². The van der Waals surface area contributed by atoms with Crippen molar-refractivity contribution in [3.63, 3.8) is 0 Å². The van der Waals surface area contributed by atoms with Crippen molar-refractivity contribution in [2.24, 2.45) is 5.92 Å². The van der Waals surface area contributed by atoms with Gasteiger partial charge in [-0.2, -0.15) is 5.10 Å². The fourth-order valence-corrected chi connectivity index (χ4v) is 6.34. The summed E-state index contributed by atoms with van der Waals surface area (Å²) >= 11 is 1.75. The molecule has 0 spiro atoms.